The minimum Gasteiger partial charge on any atom is -0.479 e. The summed E-state index contributed by atoms with van der Waals surface area (Å²) in [5.41, 5.74) is 3.54. The second-order valence-corrected chi connectivity index (χ2v) is 12.7. The highest BCUT2D eigenvalue weighted by molar-refractivity contribution is 7.22. The highest BCUT2D eigenvalue weighted by Crippen LogP contribution is 2.44. The van der Waals surface area contributed by atoms with Crippen LogP contribution in [0.1, 0.15) is 38.0 Å². The van der Waals surface area contributed by atoms with Crippen molar-refractivity contribution in [2.24, 2.45) is 0 Å². The number of ether oxygens (including phenoxy) is 1. The molecule has 0 aliphatic rings. The van der Waals surface area contributed by atoms with Crippen LogP contribution < -0.4 is 5.56 Å². The fourth-order valence-electron chi connectivity index (χ4n) is 5.22. The summed E-state index contributed by atoms with van der Waals surface area (Å²) in [6.07, 6.45) is 2.19. The van der Waals surface area contributed by atoms with Crippen molar-refractivity contribution in [2.45, 2.75) is 39.4 Å². The van der Waals surface area contributed by atoms with Crippen LogP contribution in [0.25, 0.3) is 48.5 Å². The number of benzene rings is 3. The molecule has 0 saturated heterocycles. The number of aryl methyl sites for hydroxylation is 1. The Morgan fingerprint density at radius 2 is 1.77 bits per heavy atom. The summed E-state index contributed by atoms with van der Waals surface area (Å²) >= 11 is 7.67. The summed E-state index contributed by atoms with van der Waals surface area (Å²) in [5.74, 6) is -0.594. The van der Waals surface area contributed by atoms with E-state index in [1.54, 1.807) is 30.6 Å². The zero-order chi connectivity index (χ0) is 30.5. The van der Waals surface area contributed by atoms with Gasteiger partial charge in [0, 0.05) is 39.5 Å². The van der Waals surface area contributed by atoms with Crippen LogP contribution in [0.15, 0.2) is 90.0 Å². The molecule has 0 spiro atoms. The number of aliphatic carboxylic acids is 1. The Bertz CT molecular complexity index is 2080. The molecule has 216 valence electrons. The third kappa shape index (κ3) is 5.57. The maximum atomic E-state index is 13.3. The lowest BCUT2D eigenvalue weighted by molar-refractivity contribution is -0.160. The Labute approximate surface area is 257 Å². The van der Waals surface area contributed by atoms with Gasteiger partial charge >= 0.3 is 5.97 Å². The van der Waals surface area contributed by atoms with Crippen LogP contribution in [0.4, 0.5) is 0 Å². The largest absolute Gasteiger partial charge is 0.479 e. The van der Waals surface area contributed by atoms with Gasteiger partial charge in [0.25, 0.3) is 5.56 Å². The SMILES string of the molecule is Cc1cc2nc(-c3ccnc(-n4ccc5ccccc5c4=O)c3)sc2c(-c2ccc(Cl)cc2)c1C(OC(C)(C)C)C(=O)O. The van der Waals surface area contributed by atoms with Crippen molar-refractivity contribution in [3.05, 3.63) is 112 Å². The average molecular weight is 610 g/mol. The van der Waals surface area contributed by atoms with Gasteiger partial charge in [-0.15, -0.1) is 11.3 Å². The van der Waals surface area contributed by atoms with Crippen molar-refractivity contribution >= 4 is 49.9 Å². The van der Waals surface area contributed by atoms with Gasteiger partial charge in [-0.25, -0.2) is 14.8 Å². The minimum atomic E-state index is -1.20. The molecule has 1 atom stereocenters. The van der Waals surface area contributed by atoms with Crippen LogP contribution in [-0.4, -0.2) is 31.2 Å². The highest BCUT2D eigenvalue weighted by atomic mass is 35.5. The van der Waals surface area contributed by atoms with Crippen LogP contribution in [0, 0.1) is 6.92 Å². The topological polar surface area (TPSA) is 94.3 Å². The number of nitrogens with zero attached hydrogens (tertiary/aromatic N) is 3. The molecule has 1 N–H and O–H groups in total. The van der Waals surface area contributed by atoms with Crippen molar-refractivity contribution in [3.8, 4) is 27.5 Å². The Balaban J connectivity index is 1.55. The van der Waals surface area contributed by atoms with Gasteiger partial charge in [-0.3, -0.25) is 9.36 Å². The van der Waals surface area contributed by atoms with Crippen LogP contribution >= 0.6 is 22.9 Å². The van der Waals surface area contributed by atoms with Gasteiger partial charge < -0.3 is 9.84 Å². The van der Waals surface area contributed by atoms with E-state index in [2.05, 4.69) is 4.98 Å². The van der Waals surface area contributed by atoms with Gasteiger partial charge in [0.05, 0.1) is 15.8 Å². The zero-order valence-corrected chi connectivity index (χ0v) is 25.5. The smallest absolute Gasteiger partial charge is 0.337 e. The predicted molar refractivity (Wildman–Crippen MR) is 172 cm³/mol. The quantitative estimate of drug-likeness (QED) is 0.204. The third-order valence-electron chi connectivity index (χ3n) is 7.07. The number of aromatic nitrogens is 3. The van der Waals surface area contributed by atoms with Crippen LogP contribution in [0.5, 0.6) is 0 Å². The molecular weight excluding hydrogens is 582 g/mol. The maximum Gasteiger partial charge on any atom is 0.337 e. The fourth-order valence-corrected chi connectivity index (χ4v) is 6.46. The molecule has 0 radical (unpaired) electrons. The van der Waals surface area contributed by atoms with E-state index in [-0.39, 0.29) is 5.56 Å². The predicted octanol–water partition coefficient (Wildman–Crippen LogP) is 8.23. The molecule has 1 unspecified atom stereocenters. The van der Waals surface area contributed by atoms with E-state index < -0.39 is 17.7 Å². The molecule has 43 heavy (non-hydrogen) atoms. The molecule has 3 heterocycles. The number of carbonyl (C=O) groups is 1. The van der Waals surface area contributed by atoms with Gasteiger partial charge in [0.15, 0.2) is 6.10 Å². The van der Waals surface area contributed by atoms with E-state index in [1.807, 2.05) is 82.3 Å². The summed E-state index contributed by atoms with van der Waals surface area (Å²) in [4.78, 5) is 35.3. The second kappa shape index (κ2) is 11.0. The summed E-state index contributed by atoms with van der Waals surface area (Å²) < 4.78 is 8.47. The normalized spacial score (nSPS) is 12.6. The Kier molecular flexibility index (Phi) is 7.38. The molecule has 0 saturated carbocycles. The first-order chi connectivity index (χ1) is 20.5. The van der Waals surface area contributed by atoms with Crippen molar-refractivity contribution in [1.29, 1.82) is 0 Å². The first kappa shape index (κ1) is 28.7. The second-order valence-electron chi connectivity index (χ2n) is 11.3. The first-order valence-electron chi connectivity index (χ1n) is 13.7. The standard InChI is InChI=1S/C34H28ClN3O4S/c1-19-17-25-30(28(21-9-11-23(35)12-10-21)27(19)29(33(40)41)42-34(2,3)4)43-31(37-25)22-13-15-36-26(18-22)38-16-14-20-7-5-6-8-24(20)32(38)39/h5-18,29H,1-4H3,(H,40,41). The van der Waals surface area contributed by atoms with E-state index >= 15 is 0 Å². The number of thiazole rings is 1. The van der Waals surface area contributed by atoms with E-state index in [4.69, 9.17) is 21.3 Å². The molecule has 9 heteroatoms. The van der Waals surface area contributed by atoms with Gasteiger partial charge in [-0.2, -0.15) is 0 Å². The van der Waals surface area contributed by atoms with Crippen molar-refractivity contribution in [1.82, 2.24) is 14.5 Å². The van der Waals surface area contributed by atoms with E-state index in [9.17, 15) is 14.7 Å². The summed E-state index contributed by atoms with van der Waals surface area (Å²) in [7, 11) is 0. The Morgan fingerprint density at radius 3 is 2.49 bits per heavy atom. The molecule has 6 rings (SSSR count). The van der Waals surface area contributed by atoms with Crippen molar-refractivity contribution < 1.29 is 14.6 Å². The first-order valence-corrected chi connectivity index (χ1v) is 14.9. The molecule has 3 aromatic carbocycles. The lowest BCUT2D eigenvalue weighted by atomic mass is 9.91. The van der Waals surface area contributed by atoms with Gasteiger partial charge in [-0.05, 0) is 86.7 Å². The Morgan fingerprint density at radius 1 is 1.02 bits per heavy atom. The molecule has 0 bridgehead atoms. The number of fused-ring (bicyclic) bond motifs is 2. The summed E-state index contributed by atoms with van der Waals surface area (Å²) in [5, 5.41) is 13.1. The Hall–Kier alpha value is -4.37. The molecule has 0 fully saturated rings. The number of pyridine rings is 2. The molecule has 3 aromatic heterocycles. The number of halogens is 1. The van der Waals surface area contributed by atoms with Gasteiger partial charge in [-0.1, -0.05) is 41.9 Å². The molecular formula is C34H28ClN3O4S. The van der Waals surface area contributed by atoms with Crippen LogP contribution in [-0.2, 0) is 9.53 Å². The number of carboxylic acid groups (broad SMARTS) is 1. The number of rotatable bonds is 6. The number of hydrogen-bond acceptors (Lipinski definition) is 6. The molecule has 7 nitrogen and oxygen atoms in total. The molecule has 0 amide bonds. The summed E-state index contributed by atoms with van der Waals surface area (Å²) in [6, 6.07) is 22.3. The third-order valence-corrected chi connectivity index (χ3v) is 8.46. The molecule has 6 aromatic rings. The lowest BCUT2D eigenvalue weighted by Crippen LogP contribution is -2.28. The summed E-state index contributed by atoms with van der Waals surface area (Å²) in [6.45, 7) is 7.40. The monoisotopic (exact) mass is 609 g/mol. The fraction of sp³-hybridized carbons (Fsp3) is 0.176. The molecule has 0 aliphatic heterocycles. The van der Waals surface area contributed by atoms with Gasteiger partial charge in [0.2, 0.25) is 0 Å². The zero-order valence-electron chi connectivity index (χ0n) is 24.0. The maximum absolute atomic E-state index is 13.3. The number of hydrogen-bond donors (Lipinski definition) is 1. The average Bonchev–Trinajstić information content (AvgIpc) is 3.39. The number of carboxylic acids is 1. The van der Waals surface area contributed by atoms with Crippen molar-refractivity contribution in [3.63, 3.8) is 0 Å². The van der Waals surface area contributed by atoms with E-state index in [1.165, 1.54) is 15.9 Å². The van der Waals surface area contributed by atoms with E-state index in [0.717, 1.165) is 37.9 Å². The molecule has 0 aliphatic carbocycles. The van der Waals surface area contributed by atoms with Crippen LogP contribution in [0.2, 0.25) is 5.02 Å². The minimum absolute atomic E-state index is 0.157. The van der Waals surface area contributed by atoms with Crippen molar-refractivity contribution in [2.75, 3.05) is 0 Å². The van der Waals surface area contributed by atoms with Crippen LogP contribution in [0.3, 0.4) is 0 Å². The van der Waals surface area contributed by atoms with E-state index in [0.29, 0.717) is 26.8 Å². The van der Waals surface area contributed by atoms with Gasteiger partial charge in [0.1, 0.15) is 10.8 Å². The highest BCUT2D eigenvalue weighted by Gasteiger charge is 2.32. The lowest BCUT2D eigenvalue weighted by Gasteiger charge is -2.28.